The van der Waals surface area contributed by atoms with E-state index in [1.54, 1.807) is 12.1 Å². The average Bonchev–Trinajstić information content (AvgIpc) is 3.43. The minimum Gasteiger partial charge on any atom is -0.507 e. The summed E-state index contributed by atoms with van der Waals surface area (Å²) in [6.07, 6.45) is 1.21. The van der Waals surface area contributed by atoms with Crippen molar-refractivity contribution in [3.05, 3.63) is 69.7 Å². The highest BCUT2D eigenvalue weighted by atomic mass is 16.4. The van der Waals surface area contributed by atoms with E-state index in [4.69, 9.17) is 18.8 Å². The van der Waals surface area contributed by atoms with Crippen LogP contribution in [0.15, 0.2) is 45.2 Å². The maximum absolute atomic E-state index is 10.7. The van der Waals surface area contributed by atoms with Gasteiger partial charge in [-0.2, -0.15) is 0 Å². The van der Waals surface area contributed by atoms with Crippen molar-refractivity contribution in [1.29, 1.82) is 0 Å². The third kappa shape index (κ3) is 5.13. The van der Waals surface area contributed by atoms with Crippen molar-refractivity contribution in [2.45, 2.75) is 79.1 Å². The summed E-state index contributed by atoms with van der Waals surface area (Å²) in [6.45, 7) is 20.8. The lowest BCUT2D eigenvalue weighted by Crippen LogP contribution is -2.24. The number of aromatic hydroxyl groups is 2. The van der Waals surface area contributed by atoms with Gasteiger partial charge in [0, 0.05) is 12.0 Å². The third-order valence-corrected chi connectivity index (χ3v) is 6.83. The Balaban J connectivity index is 1.90. The molecule has 4 aromatic rings. The van der Waals surface area contributed by atoms with Gasteiger partial charge in [-0.25, -0.2) is 9.97 Å². The molecule has 2 aromatic heterocycles. The lowest BCUT2D eigenvalue weighted by atomic mass is 9.86. The SMILES string of the molecule is C=c1oc(-c2cc(C(C)(C)C)ccc2O)n/c1=C(/CC)c1nc(-c2cc(C(C)(C)C)ccc2O)oc1CC. The molecule has 38 heavy (non-hydrogen) atoms. The molecule has 0 aliphatic rings. The molecule has 2 N–H and O–H groups in total. The molecule has 2 heterocycles. The summed E-state index contributed by atoms with van der Waals surface area (Å²) in [7, 11) is 0. The number of aryl methyl sites for hydroxylation is 1. The van der Waals surface area contributed by atoms with Crippen LogP contribution in [0, 0.1) is 0 Å². The zero-order valence-electron chi connectivity index (χ0n) is 23.7. The van der Waals surface area contributed by atoms with E-state index >= 15 is 0 Å². The molecular weight excluding hydrogens is 476 g/mol. The molecule has 0 unspecified atom stereocenters. The van der Waals surface area contributed by atoms with Gasteiger partial charge in [-0.3, -0.25) is 0 Å². The number of benzene rings is 2. The largest absolute Gasteiger partial charge is 0.507 e. The van der Waals surface area contributed by atoms with Gasteiger partial charge < -0.3 is 19.0 Å². The van der Waals surface area contributed by atoms with Crippen LogP contribution in [0.3, 0.4) is 0 Å². The van der Waals surface area contributed by atoms with Crippen LogP contribution in [0.4, 0.5) is 0 Å². The quantitative estimate of drug-likeness (QED) is 0.312. The third-order valence-electron chi connectivity index (χ3n) is 6.83. The molecule has 4 rings (SSSR count). The van der Waals surface area contributed by atoms with Crippen molar-refractivity contribution in [3.8, 4) is 34.4 Å². The van der Waals surface area contributed by atoms with E-state index in [-0.39, 0.29) is 22.3 Å². The number of phenols is 2. The van der Waals surface area contributed by atoms with E-state index < -0.39 is 0 Å². The molecule has 0 aliphatic carbocycles. The number of oxazole rings is 2. The lowest BCUT2D eigenvalue weighted by molar-refractivity contribution is 0.468. The van der Waals surface area contributed by atoms with Crippen LogP contribution in [-0.2, 0) is 17.3 Å². The van der Waals surface area contributed by atoms with Crippen molar-refractivity contribution in [1.82, 2.24) is 9.97 Å². The molecule has 200 valence electrons. The smallest absolute Gasteiger partial charge is 0.231 e. The first-order valence-corrected chi connectivity index (χ1v) is 13.1. The van der Waals surface area contributed by atoms with E-state index in [2.05, 4.69) is 48.1 Å². The van der Waals surface area contributed by atoms with Gasteiger partial charge in [0.05, 0.1) is 11.1 Å². The molecule has 0 atom stereocenters. The summed E-state index contributed by atoms with van der Waals surface area (Å²) in [5.74, 6) is 1.56. The topological polar surface area (TPSA) is 92.5 Å². The number of rotatable bonds is 5. The monoisotopic (exact) mass is 514 g/mol. The second-order valence-electron chi connectivity index (χ2n) is 11.7. The second kappa shape index (κ2) is 9.82. The Kier molecular flexibility index (Phi) is 7.04. The summed E-state index contributed by atoms with van der Waals surface area (Å²) in [5, 5.41) is 21.8. The summed E-state index contributed by atoms with van der Waals surface area (Å²) in [4.78, 5) is 9.62. The molecule has 6 nitrogen and oxygen atoms in total. The van der Waals surface area contributed by atoms with E-state index in [0.29, 0.717) is 58.0 Å². The molecular formula is C32H38N2O4. The van der Waals surface area contributed by atoms with Crippen LogP contribution in [0.2, 0.25) is 0 Å². The summed E-state index contributed by atoms with van der Waals surface area (Å²) >= 11 is 0. The number of phenolic OH excluding ortho intramolecular Hbond substituents is 2. The van der Waals surface area contributed by atoms with Gasteiger partial charge in [0.2, 0.25) is 11.8 Å². The van der Waals surface area contributed by atoms with Crippen LogP contribution < -0.4 is 10.8 Å². The van der Waals surface area contributed by atoms with Gasteiger partial charge >= 0.3 is 0 Å². The van der Waals surface area contributed by atoms with Crippen LogP contribution in [-0.4, -0.2) is 20.2 Å². The predicted molar refractivity (Wildman–Crippen MR) is 152 cm³/mol. The summed E-state index contributed by atoms with van der Waals surface area (Å²) in [6, 6.07) is 11.0. The Morgan fingerprint density at radius 3 is 1.74 bits per heavy atom. The van der Waals surface area contributed by atoms with Crippen LogP contribution in [0.5, 0.6) is 11.5 Å². The molecule has 0 fully saturated rings. The average molecular weight is 515 g/mol. The fourth-order valence-corrected chi connectivity index (χ4v) is 4.44. The molecule has 6 heteroatoms. The highest BCUT2D eigenvalue weighted by Gasteiger charge is 2.23. The van der Waals surface area contributed by atoms with Gasteiger partial charge in [0.15, 0.2) is 0 Å². The van der Waals surface area contributed by atoms with Crippen LogP contribution >= 0.6 is 0 Å². The Hall–Kier alpha value is -3.80. The molecule has 2 aromatic carbocycles. The number of aromatic nitrogens is 2. The van der Waals surface area contributed by atoms with Gasteiger partial charge in [0.1, 0.15) is 33.7 Å². The summed E-state index contributed by atoms with van der Waals surface area (Å²) < 4.78 is 12.2. The fraction of sp³-hybridized carbons (Fsp3) is 0.375. The molecule has 0 aliphatic heterocycles. The highest BCUT2D eigenvalue weighted by Crippen LogP contribution is 2.36. The maximum atomic E-state index is 10.7. The minimum atomic E-state index is -0.102. The standard InChI is InChI=1S/C32H38N2O4/c1-10-21(27-18(3)37-29(33-27)22-16-19(31(4,5)6)12-14-24(22)35)28-26(11-2)38-30(34-28)23-17-20(32(7,8)9)13-15-25(23)36/h12-17,35-36H,3,10-11H2,1-2,4-9H3/b27-21-. The maximum Gasteiger partial charge on any atom is 0.231 e. The predicted octanol–water partition coefficient (Wildman–Crippen LogP) is 6.58. The van der Waals surface area contributed by atoms with Crippen molar-refractivity contribution < 1.29 is 19.0 Å². The lowest BCUT2D eigenvalue weighted by Gasteiger charge is -2.19. The van der Waals surface area contributed by atoms with Gasteiger partial charge in [-0.15, -0.1) is 0 Å². The minimum absolute atomic E-state index is 0.0935. The van der Waals surface area contributed by atoms with Gasteiger partial charge in [0.25, 0.3) is 0 Å². The fourth-order valence-electron chi connectivity index (χ4n) is 4.44. The normalized spacial score (nSPS) is 13.2. The van der Waals surface area contributed by atoms with E-state index in [0.717, 1.165) is 16.7 Å². The first-order chi connectivity index (χ1) is 17.7. The second-order valence-corrected chi connectivity index (χ2v) is 11.7. The molecule has 0 saturated heterocycles. The van der Waals surface area contributed by atoms with Crippen LogP contribution in [0.1, 0.15) is 84.4 Å². The van der Waals surface area contributed by atoms with Crippen LogP contribution in [0.25, 0.3) is 35.1 Å². The first-order valence-electron chi connectivity index (χ1n) is 13.1. The molecule has 0 saturated carbocycles. The number of hydrogen-bond acceptors (Lipinski definition) is 6. The van der Waals surface area contributed by atoms with E-state index in [1.807, 2.05) is 38.1 Å². The van der Waals surface area contributed by atoms with Crippen molar-refractivity contribution in [3.63, 3.8) is 0 Å². The van der Waals surface area contributed by atoms with Gasteiger partial charge in [-0.05, 0) is 52.6 Å². The molecule has 0 spiro atoms. The molecule has 0 amide bonds. The van der Waals surface area contributed by atoms with Crippen molar-refractivity contribution in [2.75, 3.05) is 0 Å². The van der Waals surface area contributed by atoms with Crippen molar-refractivity contribution >= 4 is 12.2 Å². The molecule has 0 bridgehead atoms. The Morgan fingerprint density at radius 1 is 0.789 bits per heavy atom. The number of nitrogens with zero attached hydrogens (tertiary/aromatic N) is 2. The van der Waals surface area contributed by atoms with Crippen molar-refractivity contribution in [2.24, 2.45) is 0 Å². The van der Waals surface area contributed by atoms with E-state index in [9.17, 15) is 10.2 Å². The Labute approximate surface area is 224 Å². The zero-order valence-corrected chi connectivity index (χ0v) is 23.7. The number of hydrogen-bond donors (Lipinski definition) is 2. The zero-order chi connectivity index (χ0) is 28.0. The highest BCUT2D eigenvalue weighted by molar-refractivity contribution is 5.70. The summed E-state index contributed by atoms with van der Waals surface area (Å²) in [5.41, 5.74) is 4.89. The first kappa shape index (κ1) is 27.2. The van der Waals surface area contributed by atoms with E-state index in [1.165, 1.54) is 0 Å². The Bertz CT molecular complexity index is 1590. The van der Waals surface area contributed by atoms with Gasteiger partial charge in [-0.1, -0.05) is 74.1 Å². The Morgan fingerprint density at radius 2 is 1.29 bits per heavy atom. The molecule has 0 radical (unpaired) electrons.